The van der Waals surface area contributed by atoms with Crippen molar-refractivity contribution < 1.29 is 18.0 Å². The number of nitriles is 1. The third-order valence-corrected chi connectivity index (χ3v) is 5.16. The SMILES string of the molecule is CNc1cc(C(=O)NC2CCC(Nc3ccc(C#N)c(C(F)(F)F)c3)CC2)ccn1. The van der Waals surface area contributed by atoms with Crippen LogP contribution in [0.3, 0.4) is 0 Å². The van der Waals surface area contributed by atoms with Crippen LogP contribution >= 0.6 is 0 Å². The van der Waals surface area contributed by atoms with Crippen LogP contribution in [-0.4, -0.2) is 30.0 Å². The predicted molar refractivity (Wildman–Crippen MR) is 107 cm³/mol. The van der Waals surface area contributed by atoms with Gasteiger partial charge in [-0.25, -0.2) is 4.98 Å². The Morgan fingerprint density at radius 3 is 2.47 bits per heavy atom. The third-order valence-electron chi connectivity index (χ3n) is 5.16. The number of hydrogen-bond donors (Lipinski definition) is 3. The molecule has 30 heavy (non-hydrogen) atoms. The van der Waals surface area contributed by atoms with E-state index in [0.29, 0.717) is 29.9 Å². The van der Waals surface area contributed by atoms with Crippen molar-refractivity contribution in [1.82, 2.24) is 10.3 Å². The first-order valence-electron chi connectivity index (χ1n) is 9.62. The van der Waals surface area contributed by atoms with E-state index in [1.54, 1.807) is 31.4 Å². The molecule has 1 aromatic carbocycles. The molecule has 2 aromatic rings. The predicted octanol–water partition coefficient (Wildman–Crippen LogP) is 4.17. The second-order valence-corrected chi connectivity index (χ2v) is 7.22. The molecule has 158 valence electrons. The molecule has 1 fully saturated rings. The molecule has 9 heteroatoms. The first-order chi connectivity index (χ1) is 14.3. The van der Waals surface area contributed by atoms with Gasteiger partial charge < -0.3 is 16.0 Å². The zero-order valence-corrected chi connectivity index (χ0v) is 16.4. The number of amides is 1. The van der Waals surface area contributed by atoms with Gasteiger partial charge in [-0.05, 0) is 56.0 Å². The zero-order valence-electron chi connectivity index (χ0n) is 16.4. The van der Waals surface area contributed by atoms with Crippen LogP contribution in [0.5, 0.6) is 0 Å². The van der Waals surface area contributed by atoms with Gasteiger partial charge in [0.1, 0.15) is 5.82 Å². The van der Waals surface area contributed by atoms with E-state index in [2.05, 4.69) is 20.9 Å². The quantitative estimate of drug-likeness (QED) is 0.680. The Labute approximate surface area is 172 Å². The van der Waals surface area contributed by atoms with Crippen LogP contribution in [0.25, 0.3) is 0 Å². The summed E-state index contributed by atoms with van der Waals surface area (Å²) in [5.41, 5.74) is -0.469. The van der Waals surface area contributed by atoms with Crippen molar-refractivity contribution in [2.24, 2.45) is 0 Å². The molecule has 0 radical (unpaired) electrons. The lowest BCUT2D eigenvalue weighted by atomic mass is 9.90. The molecule has 3 N–H and O–H groups in total. The highest BCUT2D eigenvalue weighted by Crippen LogP contribution is 2.34. The molecule has 6 nitrogen and oxygen atoms in total. The number of rotatable bonds is 5. The number of carbonyl (C=O) groups is 1. The van der Waals surface area contributed by atoms with E-state index >= 15 is 0 Å². The molecular formula is C21H22F3N5O. The molecule has 0 spiro atoms. The zero-order chi connectivity index (χ0) is 21.7. The summed E-state index contributed by atoms with van der Waals surface area (Å²) in [6.07, 6.45) is -0.153. The van der Waals surface area contributed by atoms with Gasteiger partial charge >= 0.3 is 6.18 Å². The van der Waals surface area contributed by atoms with E-state index in [4.69, 9.17) is 5.26 Å². The Balaban J connectivity index is 1.56. The van der Waals surface area contributed by atoms with E-state index in [-0.39, 0.29) is 18.0 Å². The molecule has 0 bridgehead atoms. The molecule has 0 saturated heterocycles. The Morgan fingerprint density at radius 1 is 1.13 bits per heavy atom. The van der Waals surface area contributed by atoms with Gasteiger partial charge in [-0.3, -0.25) is 4.79 Å². The van der Waals surface area contributed by atoms with E-state index < -0.39 is 17.3 Å². The molecule has 1 aliphatic rings. The molecule has 3 rings (SSSR count). The molecule has 0 atom stereocenters. The first kappa shape index (κ1) is 21.4. The van der Waals surface area contributed by atoms with Gasteiger partial charge in [-0.2, -0.15) is 18.4 Å². The summed E-state index contributed by atoms with van der Waals surface area (Å²) in [7, 11) is 1.73. The molecular weight excluding hydrogens is 395 g/mol. The number of halogens is 3. The Bertz CT molecular complexity index is 946. The summed E-state index contributed by atoms with van der Waals surface area (Å²) in [6.45, 7) is 0. The van der Waals surface area contributed by atoms with Gasteiger partial charge in [0, 0.05) is 36.6 Å². The van der Waals surface area contributed by atoms with Gasteiger partial charge in [0.05, 0.1) is 17.2 Å². The molecule has 1 aliphatic carbocycles. The maximum atomic E-state index is 13.1. The normalized spacial score (nSPS) is 18.9. The van der Waals surface area contributed by atoms with Crippen LogP contribution in [0.4, 0.5) is 24.7 Å². The highest BCUT2D eigenvalue weighted by atomic mass is 19.4. The van der Waals surface area contributed by atoms with Gasteiger partial charge in [0.2, 0.25) is 0 Å². The van der Waals surface area contributed by atoms with Crippen molar-refractivity contribution in [2.45, 2.75) is 43.9 Å². The number of nitrogens with one attached hydrogen (secondary N) is 3. The van der Waals surface area contributed by atoms with E-state index in [1.807, 2.05) is 0 Å². The molecule has 0 aliphatic heterocycles. The van der Waals surface area contributed by atoms with Crippen LogP contribution in [-0.2, 0) is 6.18 Å². The molecule has 1 amide bonds. The van der Waals surface area contributed by atoms with Crippen LogP contribution in [0.1, 0.15) is 47.2 Å². The summed E-state index contributed by atoms with van der Waals surface area (Å²) in [4.78, 5) is 16.5. The van der Waals surface area contributed by atoms with Crippen LogP contribution in [0.15, 0.2) is 36.5 Å². The minimum absolute atomic E-state index is 0.00370. The lowest BCUT2D eigenvalue weighted by Gasteiger charge is -2.30. The van der Waals surface area contributed by atoms with Crippen molar-refractivity contribution >= 4 is 17.4 Å². The van der Waals surface area contributed by atoms with Crippen LogP contribution < -0.4 is 16.0 Å². The van der Waals surface area contributed by atoms with Crippen molar-refractivity contribution in [3.8, 4) is 6.07 Å². The second kappa shape index (κ2) is 9.03. The maximum absolute atomic E-state index is 13.1. The van der Waals surface area contributed by atoms with E-state index in [9.17, 15) is 18.0 Å². The lowest BCUT2D eigenvalue weighted by Crippen LogP contribution is -2.40. The summed E-state index contributed by atoms with van der Waals surface area (Å²) in [5.74, 6) is 0.434. The minimum atomic E-state index is -4.58. The minimum Gasteiger partial charge on any atom is -0.382 e. The van der Waals surface area contributed by atoms with E-state index in [1.165, 1.54) is 12.1 Å². The lowest BCUT2D eigenvalue weighted by molar-refractivity contribution is -0.137. The van der Waals surface area contributed by atoms with Gasteiger partial charge in [-0.15, -0.1) is 0 Å². The van der Waals surface area contributed by atoms with E-state index in [0.717, 1.165) is 18.9 Å². The third kappa shape index (κ3) is 5.20. The number of anilines is 2. The number of nitrogens with zero attached hydrogens (tertiary/aromatic N) is 2. The smallest absolute Gasteiger partial charge is 0.382 e. The van der Waals surface area contributed by atoms with Crippen molar-refractivity contribution in [3.63, 3.8) is 0 Å². The molecule has 1 saturated carbocycles. The molecule has 1 aromatic heterocycles. The Kier molecular flexibility index (Phi) is 6.45. The molecule has 1 heterocycles. The number of pyridine rings is 1. The maximum Gasteiger partial charge on any atom is 0.417 e. The second-order valence-electron chi connectivity index (χ2n) is 7.22. The number of alkyl halides is 3. The van der Waals surface area contributed by atoms with Crippen molar-refractivity contribution in [1.29, 1.82) is 5.26 Å². The van der Waals surface area contributed by atoms with Crippen molar-refractivity contribution in [3.05, 3.63) is 53.2 Å². The Hall–Kier alpha value is -3.28. The highest BCUT2D eigenvalue weighted by molar-refractivity contribution is 5.95. The topological polar surface area (TPSA) is 89.8 Å². The number of benzene rings is 1. The standard InChI is InChI=1S/C21H22F3N5O/c1-26-19-10-13(8-9-27-19)20(30)29-16-6-4-15(5-7-16)28-17-3-2-14(12-25)18(11-17)21(22,23)24/h2-3,8-11,15-16,28H,4-7H2,1H3,(H,26,27)(H,29,30). The van der Waals surface area contributed by atoms with Crippen LogP contribution in [0.2, 0.25) is 0 Å². The summed E-state index contributed by atoms with van der Waals surface area (Å²) >= 11 is 0. The van der Waals surface area contributed by atoms with Crippen molar-refractivity contribution in [2.75, 3.05) is 17.7 Å². The van der Waals surface area contributed by atoms with Gasteiger partial charge in [0.25, 0.3) is 5.91 Å². The average Bonchev–Trinajstić information content (AvgIpc) is 2.74. The Morgan fingerprint density at radius 2 is 1.83 bits per heavy atom. The number of carbonyl (C=O) groups excluding carboxylic acids is 1. The average molecular weight is 417 g/mol. The fraction of sp³-hybridized carbons (Fsp3) is 0.381. The summed E-state index contributed by atoms with van der Waals surface area (Å²) in [6, 6.07) is 8.57. The van der Waals surface area contributed by atoms with Gasteiger partial charge in [-0.1, -0.05) is 0 Å². The fourth-order valence-corrected chi connectivity index (χ4v) is 3.56. The number of aromatic nitrogens is 1. The largest absolute Gasteiger partial charge is 0.417 e. The number of hydrogen-bond acceptors (Lipinski definition) is 5. The monoisotopic (exact) mass is 417 g/mol. The highest BCUT2D eigenvalue weighted by Gasteiger charge is 2.34. The van der Waals surface area contributed by atoms with Crippen LogP contribution in [0, 0.1) is 11.3 Å². The molecule has 0 unspecified atom stereocenters. The van der Waals surface area contributed by atoms with Gasteiger partial charge in [0.15, 0.2) is 0 Å². The fourth-order valence-electron chi connectivity index (χ4n) is 3.56. The first-order valence-corrected chi connectivity index (χ1v) is 9.62. The summed E-state index contributed by atoms with van der Waals surface area (Å²) < 4.78 is 39.4. The summed E-state index contributed by atoms with van der Waals surface area (Å²) in [5, 5.41) is 17.9.